The molecule has 0 fully saturated rings. The molecule has 0 aromatic carbocycles. The molecule has 0 saturated heterocycles. The Morgan fingerprint density at radius 3 is 3.11 bits per heavy atom. The molecule has 9 heavy (non-hydrogen) atoms. The monoisotopic (exact) mass is 125 g/mol. The van der Waals surface area contributed by atoms with Crippen molar-refractivity contribution in [1.82, 2.24) is 9.78 Å². The zero-order valence-corrected chi connectivity index (χ0v) is 5.28. The summed E-state index contributed by atoms with van der Waals surface area (Å²) < 4.78 is 1.64. The molecule has 3 nitrogen and oxygen atoms in total. The van der Waals surface area contributed by atoms with E-state index in [0.717, 1.165) is 0 Å². The third-order valence-corrected chi connectivity index (χ3v) is 0.955. The quantitative estimate of drug-likeness (QED) is 0.607. The second-order valence-corrected chi connectivity index (χ2v) is 2.01. The number of nitrogens with zero attached hydrogens (tertiary/aromatic N) is 2. The summed E-state index contributed by atoms with van der Waals surface area (Å²) in [6.07, 6.45) is 2.94. The van der Waals surface area contributed by atoms with Crippen molar-refractivity contribution in [2.75, 3.05) is 0 Å². The van der Waals surface area contributed by atoms with Crippen LogP contribution in [0.2, 0.25) is 0 Å². The number of aliphatic hydroxyl groups excluding tert-OH is 1. The van der Waals surface area contributed by atoms with Crippen LogP contribution in [0.5, 0.6) is 0 Å². The maximum atomic E-state index is 8.85. The summed E-state index contributed by atoms with van der Waals surface area (Å²) in [7, 11) is 0. The average Bonchev–Trinajstić information content (AvgIpc) is 2.15. The SMILES string of the molecule is CC(O)Cn1c[c]cn1. The lowest BCUT2D eigenvalue weighted by molar-refractivity contribution is 0.168. The van der Waals surface area contributed by atoms with Crippen molar-refractivity contribution in [3.8, 4) is 0 Å². The fraction of sp³-hybridized carbons (Fsp3) is 0.500. The highest BCUT2D eigenvalue weighted by Crippen LogP contribution is 1.87. The minimum atomic E-state index is -0.335. The van der Waals surface area contributed by atoms with Gasteiger partial charge in [-0.3, -0.25) is 4.68 Å². The van der Waals surface area contributed by atoms with Crippen LogP contribution in [0, 0.1) is 6.07 Å². The van der Waals surface area contributed by atoms with E-state index in [9.17, 15) is 0 Å². The van der Waals surface area contributed by atoms with Gasteiger partial charge in [0.2, 0.25) is 0 Å². The second kappa shape index (κ2) is 2.64. The van der Waals surface area contributed by atoms with Gasteiger partial charge < -0.3 is 5.11 Å². The number of hydrogen-bond donors (Lipinski definition) is 1. The van der Waals surface area contributed by atoms with Crippen LogP contribution in [0.4, 0.5) is 0 Å². The van der Waals surface area contributed by atoms with Gasteiger partial charge in [-0.05, 0) is 6.92 Å². The number of hydrogen-bond acceptors (Lipinski definition) is 2. The fourth-order valence-electron chi connectivity index (χ4n) is 0.631. The molecule has 49 valence electrons. The zero-order chi connectivity index (χ0) is 6.69. The van der Waals surface area contributed by atoms with Crippen molar-refractivity contribution < 1.29 is 5.11 Å². The molecular formula is C6H9N2O. The molecular weight excluding hydrogens is 116 g/mol. The first-order valence-electron chi connectivity index (χ1n) is 2.85. The lowest BCUT2D eigenvalue weighted by Gasteiger charge is -2.01. The third kappa shape index (κ3) is 1.85. The van der Waals surface area contributed by atoms with Crippen LogP contribution in [0.15, 0.2) is 12.4 Å². The molecule has 0 amide bonds. The van der Waals surface area contributed by atoms with E-state index in [4.69, 9.17) is 5.11 Å². The molecule has 1 unspecified atom stereocenters. The van der Waals surface area contributed by atoms with Gasteiger partial charge >= 0.3 is 0 Å². The topological polar surface area (TPSA) is 38.0 Å². The minimum Gasteiger partial charge on any atom is -0.391 e. The van der Waals surface area contributed by atoms with Crippen LogP contribution in [0.1, 0.15) is 6.92 Å². The van der Waals surface area contributed by atoms with Gasteiger partial charge in [0, 0.05) is 12.3 Å². The van der Waals surface area contributed by atoms with Crippen LogP contribution >= 0.6 is 0 Å². The summed E-state index contributed by atoms with van der Waals surface area (Å²) in [5.41, 5.74) is 0. The van der Waals surface area contributed by atoms with Crippen molar-refractivity contribution in [1.29, 1.82) is 0 Å². The van der Waals surface area contributed by atoms with E-state index in [-0.39, 0.29) is 6.10 Å². The van der Waals surface area contributed by atoms with E-state index in [1.165, 1.54) is 0 Å². The Morgan fingerprint density at radius 2 is 2.67 bits per heavy atom. The molecule has 1 radical (unpaired) electrons. The van der Waals surface area contributed by atoms with E-state index >= 15 is 0 Å². The molecule has 3 heteroatoms. The Morgan fingerprint density at radius 1 is 1.89 bits per heavy atom. The summed E-state index contributed by atoms with van der Waals surface area (Å²) in [6, 6.07) is 2.78. The lowest BCUT2D eigenvalue weighted by atomic mass is 10.4. The van der Waals surface area contributed by atoms with Gasteiger partial charge in [0.15, 0.2) is 0 Å². The molecule has 1 heterocycles. The smallest absolute Gasteiger partial charge is 0.0708 e. The Bertz CT molecular complexity index is 158. The first kappa shape index (κ1) is 6.29. The Hall–Kier alpha value is -0.830. The van der Waals surface area contributed by atoms with Crippen molar-refractivity contribution in [3.05, 3.63) is 18.5 Å². The molecule has 0 aliphatic carbocycles. The highest BCUT2D eigenvalue weighted by Gasteiger charge is 1.94. The maximum absolute atomic E-state index is 8.85. The van der Waals surface area contributed by atoms with Crippen LogP contribution in [-0.4, -0.2) is 21.0 Å². The second-order valence-electron chi connectivity index (χ2n) is 2.01. The fourth-order valence-corrected chi connectivity index (χ4v) is 0.631. The molecule has 0 aliphatic heterocycles. The van der Waals surface area contributed by atoms with Gasteiger partial charge in [0.1, 0.15) is 0 Å². The number of rotatable bonds is 2. The van der Waals surface area contributed by atoms with E-state index in [0.29, 0.717) is 6.54 Å². The van der Waals surface area contributed by atoms with Gasteiger partial charge in [-0.1, -0.05) is 0 Å². The Labute approximate surface area is 53.9 Å². The molecule has 0 spiro atoms. The molecule has 1 rings (SSSR count). The lowest BCUT2D eigenvalue weighted by Crippen LogP contribution is -2.11. The van der Waals surface area contributed by atoms with Crippen LogP contribution < -0.4 is 0 Å². The highest BCUT2D eigenvalue weighted by atomic mass is 16.3. The van der Waals surface area contributed by atoms with Crippen molar-refractivity contribution >= 4 is 0 Å². The summed E-state index contributed by atoms with van der Waals surface area (Å²) >= 11 is 0. The van der Waals surface area contributed by atoms with Crippen LogP contribution in [0.25, 0.3) is 0 Å². The van der Waals surface area contributed by atoms with E-state index in [1.807, 2.05) is 0 Å². The molecule has 1 N–H and O–H groups in total. The van der Waals surface area contributed by atoms with Crippen LogP contribution in [-0.2, 0) is 6.54 Å². The Balaban J connectivity index is 2.48. The molecule has 0 aliphatic rings. The summed E-state index contributed by atoms with van der Waals surface area (Å²) in [4.78, 5) is 0. The van der Waals surface area contributed by atoms with E-state index in [2.05, 4.69) is 11.2 Å². The first-order chi connectivity index (χ1) is 4.29. The number of aliphatic hydroxyl groups is 1. The molecule has 1 aromatic rings. The van der Waals surface area contributed by atoms with Gasteiger partial charge in [-0.15, -0.1) is 0 Å². The van der Waals surface area contributed by atoms with Crippen molar-refractivity contribution in [2.24, 2.45) is 0 Å². The first-order valence-corrected chi connectivity index (χ1v) is 2.85. The van der Waals surface area contributed by atoms with Gasteiger partial charge in [0.05, 0.1) is 18.8 Å². The summed E-state index contributed by atoms with van der Waals surface area (Å²) in [6.45, 7) is 2.27. The normalized spacial score (nSPS) is 13.6. The predicted octanol–water partition coefficient (Wildman–Crippen LogP) is 0.0641. The summed E-state index contributed by atoms with van der Waals surface area (Å²) in [5.74, 6) is 0. The van der Waals surface area contributed by atoms with E-state index < -0.39 is 0 Å². The molecule has 1 aromatic heterocycles. The molecule has 0 bridgehead atoms. The highest BCUT2D eigenvalue weighted by molar-refractivity contribution is 4.74. The predicted molar refractivity (Wildman–Crippen MR) is 32.7 cm³/mol. The summed E-state index contributed by atoms with van der Waals surface area (Å²) in [5, 5.41) is 12.7. The van der Waals surface area contributed by atoms with Gasteiger partial charge in [-0.25, -0.2) is 0 Å². The number of aromatic nitrogens is 2. The van der Waals surface area contributed by atoms with Crippen LogP contribution in [0.3, 0.4) is 0 Å². The average molecular weight is 125 g/mol. The van der Waals surface area contributed by atoms with Gasteiger partial charge in [0.25, 0.3) is 0 Å². The molecule has 1 atom stereocenters. The van der Waals surface area contributed by atoms with Crippen molar-refractivity contribution in [2.45, 2.75) is 19.6 Å². The van der Waals surface area contributed by atoms with E-state index in [1.54, 1.807) is 24.0 Å². The Kier molecular flexibility index (Phi) is 1.85. The van der Waals surface area contributed by atoms with Crippen molar-refractivity contribution in [3.63, 3.8) is 0 Å². The third-order valence-electron chi connectivity index (χ3n) is 0.955. The molecule has 0 saturated carbocycles. The largest absolute Gasteiger partial charge is 0.391 e. The minimum absolute atomic E-state index is 0.335. The van der Waals surface area contributed by atoms with Gasteiger partial charge in [-0.2, -0.15) is 5.10 Å². The zero-order valence-electron chi connectivity index (χ0n) is 5.28. The standard InChI is InChI=1S/C6H9N2O/c1-6(9)5-8-4-2-3-7-8/h3-4,6,9H,5H2,1H3. The maximum Gasteiger partial charge on any atom is 0.0708 e.